The first-order chi connectivity index (χ1) is 18.2. The molecule has 3 aliphatic rings. The lowest BCUT2D eigenvalue weighted by atomic mass is 9.97. The van der Waals surface area contributed by atoms with Crippen LogP contribution < -0.4 is 14.2 Å². The maximum absolute atomic E-state index is 13.3. The van der Waals surface area contributed by atoms with E-state index in [-0.39, 0.29) is 24.1 Å². The molecule has 2 aromatic rings. The minimum Gasteiger partial charge on any atom is -0.490 e. The zero-order valence-corrected chi connectivity index (χ0v) is 22.2. The molecule has 198 valence electrons. The molecule has 4 heteroatoms. The summed E-state index contributed by atoms with van der Waals surface area (Å²) in [6.07, 6.45) is 22.0. The van der Waals surface area contributed by atoms with Gasteiger partial charge < -0.3 is 14.2 Å². The van der Waals surface area contributed by atoms with Crippen molar-refractivity contribution >= 4 is 11.9 Å². The molecule has 0 heterocycles. The first-order valence-corrected chi connectivity index (χ1v) is 14.7. The Labute approximate surface area is 222 Å². The van der Waals surface area contributed by atoms with Crippen molar-refractivity contribution in [3.05, 3.63) is 59.7 Å². The lowest BCUT2D eigenvalue weighted by Crippen LogP contribution is -2.21. The molecule has 3 fully saturated rings. The standard InChI is InChI=1S/C33H42O4/c34-31(30-18-10-11-19-33(30)37-28-16-8-3-9-17-28)22-20-25-24-29(35-26-12-4-1-5-13-26)21-23-32(25)36-27-14-6-2-7-15-27/h10-11,18-24,26-28H,1-9,12-17H2. The third kappa shape index (κ3) is 7.40. The molecule has 37 heavy (non-hydrogen) atoms. The van der Waals surface area contributed by atoms with E-state index in [2.05, 4.69) is 0 Å². The molecule has 0 N–H and O–H groups in total. The maximum Gasteiger partial charge on any atom is 0.189 e. The first-order valence-electron chi connectivity index (χ1n) is 14.7. The number of ketones is 1. The lowest BCUT2D eigenvalue weighted by Gasteiger charge is -2.25. The van der Waals surface area contributed by atoms with E-state index in [1.165, 1.54) is 57.8 Å². The van der Waals surface area contributed by atoms with Gasteiger partial charge in [0.15, 0.2) is 5.78 Å². The van der Waals surface area contributed by atoms with E-state index in [4.69, 9.17) is 14.2 Å². The molecule has 3 saturated carbocycles. The molecule has 0 aromatic heterocycles. The van der Waals surface area contributed by atoms with Crippen molar-refractivity contribution in [2.75, 3.05) is 0 Å². The zero-order valence-electron chi connectivity index (χ0n) is 22.2. The van der Waals surface area contributed by atoms with Crippen molar-refractivity contribution in [2.24, 2.45) is 0 Å². The predicted octanol–water partition coefficient (Wildman–Crippen LogP) is 8.72. The number of carbonyl (C=O) groups is 1. The largest absolute Gasteiger partial charge is 0.490 e. The van der Waals surface area contributed by atoms with Gasteiger partial charge in [0.05, 0.1) is 23.9 Å². The van der Waals surface area contributed by atoms with Crippen LogP contribution in [0.25, 0.3) is 6.08 Å². The molecule has 0 spiro atoms. The fourth-order valence-corrected chi connectivity index (χ4v) is 5.97. The van der Waals surface area contributed by atoms with Crippen LogP contribution in [0.2, 0.25) is 0 Å². The van der Waals surface area contributed by atoms with Gasteiger partial charge in [-0.15, -0.1) is 0 Å². The molecule has 0 atom stereocenters. The van der Waals surface area contributed by atoms with E-state index in [1.807, 2.05) is 48.5 Å². The number of carbonyl (C=O) groups excluding carboxylic acids is 1. The van der Waals surface area contributed by atoms with Crippen LogP contribution in [0.1, 0.15) is 112 Å². The predicted molar refractivity (Wildman–Crippen MR) is 149 cm³/mol. The van der Waals surface area contributed by atoms with Gasteiger partial charge >= 0.3 is 0 Å². The van der Waals surface area contributed by atoms with Crippen molar-refractivity contribution in [2.45, 2.75) is 115 Å². The van der Waals surface area contributed by atoms with Crippen molar-refractivity contribution < 1.29 is 19.0 Å². The topological polar surface area (TPSA) is 44.8 Å². The summed E-state index contributed by atoms with van der Waals surface area (Å²) in [6.45, 7) is 0. The van der Waals surface area contributed by atoms with Crippen molar-refractivity contribution in [1.82, 2.24) is 0 Å². The highest BCUT2D eigenvalue weighted by molar-refractivity contribution is 6.08. The molecule has 0 unspecified atom stereocenters. The van der Waals surface area contributed by atoms with Crippen LogP contribution in [-0.4, -0.2) is 24.1 Å². The van der Waals surface area contributed by atoms with Gasteiger partial charge in [0.2, 0.25) is 0 Å². The van der Waals surface area contributed by atoms with Crippen LogP contribution in [0, 0.1) is 0 Å². The Morgan fingerprint density at radius 3 is 1.78 bits per heavy atom. The molecular weight excluding hydrogens is 460 g/mol. The smallest absolute Gasteiger partial charge is 0.189 e. The van der Waals surface area contributed by atoms with Crippen molar-refractivity contribution in [3.8, 4) is 17.2 Å². The quantitative estimate of drug-likeness (QED) is 0.254. The molecule has 4 nitrogen and oxygen atoms in total. The lowest BCUT2D eigenvalue weighted by molar-refractivity contribution is 0.103. The SMILES string of the molecule is O=C(C=Cc1cc(OC2CCCCC2)ccc1OC1CCCCC1)c1ccccc1OC1CCCCC1. The molecule has 0 saturated heterocycles. The molecular formula is C33H42O4. The van der Waals surface area contributed by atoms with Gasteiger partial charge in [-0.25, -0.2) is 0 Å². The van der Waals surface area contributed by atoms with Gasteiger partial charge in [0.25, 0.3) is 0 Å². The monoisotopic (exact) mass is 502 g/mol. The van der Waals surface area contributed by atoms with Crippen LogP contribution in [0.4, 0.5) is 0 Å². The summed E-state index contributed by atoms with van der Waals surface area (Å²) in [4.78, 5) is 13.3. The summed E-state index contributed by atoms with van der Waals surface area (Å²) in [6, 6.07) is 13.7. The van der Waals surface area contributed by atoms with Gasteiger partial charge in [-0.05, 0) is 120 Å². The Kier molecular flexibility index (Phi) is 9.21. The number of hydrogen-bond acceptors (Lipinski definition) is 4. The number of para-hydroxylation sites is 1. The van der Waals surface area contributed by atoms with Gasteiger partial charge in [-0.2, -0.15) is 0 Å². The molecule has 0 amide bonds. The van der Waals surface area contributed by atoms with E-state index >= 15 is 0 Å². The summed E-state index contributed by atoms with van der Waals surface area (Å²) in [5.41, 5.74) is 1.52. The molecule has 0 bridgehead atoms. The fourth-order valence-electron chi connectivity index (χ4n) is 5.97. The normalized spacial score (nSPS) is 20.1. The second-order valence-electron chi connectivity index (χ2n) is 11.0. The van der Waals surface area contributed by atoms with E-state index in [0.29, 0.717) is 11.3 Å². The Morgan fingerprint density at radius 1 is 0.622 bits per heavy atom. The Balaban J connectivity index is 1.34. The van der Waals surface area contributed by atoms with Gasteiger partial charge in [0.1, 0.15) is 17.2 Å². The van der Waals surface area contributed by atoms with Crippen LogP contribution in [0.15, 0.2) is 48.5 Å². The van der Waals surface area contributed by atoms with E-state index < -0.39 is 0 Å². The third-order valence-corrected chi connectivity index (χ3v) is 8.09. The zero-order chi connectivity index (χ0) is 25.3. The third-order valence-electron chi connectivity index (χ3n) is 8.09. The summed E-state index contributed by atoms with van der Waals surface area (Å²) in [7, 11) is 0. The minimum atomic E-state index is -0.0476. The average Bonchev–Trinajstić information content (AvgIpc) is 2.95. The maximum atomic E-state index is 13.3. The highest BCUT2D eigenvalue weighted by atomic mass is 16.5. The van der Waals surface area contributed by atoms with E-state index in [9.17, 15) is 4.79 Å². The molecule has 0 radical (unpaired) electrons. The second-order valence-corrected chi connectivity index (χ2v) is 11.0. The fraction of sp³-hybridized carbons (Fsp3) is 0.545. The Hall–Kier alpha value is -2.75. The first kappa shape index (κ1) is 25.9. The molecule has 5 rings (SSSR count). The Bertz CT molecular complexity index is 1040. The average molecular weight is 503 g/mol. The summed E-state index contributed by atoms with van der Waals surface area (Å²) < 4.78 is 19.1. The van der Waals surface area contributed by atoms with Crippen molar-refractivity contribution in [1.29, 1.82) is 0 Å². The molecule has 3 aliphatic carbocycles. The van der Waals surface area contributed by atoms with Crippen LogP contribution in [-0.2, 0) is 0 Å². The minimum absolute atomic E-state index is 0.0476. The Morgan fingerprint density at radius 2 is 1.16 bits per heavy atom. The van der Waals surface area contributed by atoms with Crippen LogP contribution in [0.3, 0.4) is 0 Å². The number of ether oxygens (including phenoxy) is 3. The van der Waals surface area contributed by atoms with Crippen LogP contribution >= 0.6 is 0 Å². The number of allylic oxidation sites excluding steroid dienone is 1. The number of benzene rings is 2. The van der Waals surface area contributed by atoms with Crippen LogP contribution in [0.5, 0.6) is 17.2 Å². The molecule has 0 aliphatic heterocycles. The molecule has 2 aromatic carbocycles. The van der Waals surface area contributed by atoms with Crippen molar-refractivity contribution in [3.63, 3.8) is 0 Å². The van der Waals surface area contributed by atoms with E-state index in [0.717, 1.165) is 55.6 Å². The van der Waals surface area contributed by atoms with Gasteiger partial charge in [-0.1, -0.05) is 31.4 Å². The highest BCUT2D eigenvalue weighted by Gasteiger charge is 2.20. The summed E-state index contributed by atoms with van der Waals surface area (Å²) in [5, 5.41) is 0. The van der Waals surface area contributed by atoms with Gasteiger partial charge in [0, 0.05) is 5.56 Å². The summed E-state index contributed by atoms with van der Waals surface area (Å²) >= 11 is 0. The summed E-state index contributed by atoms with van der Waals surface area (Å²) in [5.74, 6) is 2.33. The van der Waals surface area contributed by atoms with E-state index in [1.54, 1.807) is 6.08 Å². The highest BCUT2D eigenvalue weighted by Crippen LogP contribution is 2.32. The second kappa shape index (κ2) is 13.2. The van der Waals surface area contributed by atoms with Gasteiger partial charge in [-0.3, -0.25) is 4.79 Å². The number of rotatable bonds is 9. The number of hydrogen-bond donors (Lipinski definition) is 0.